The lowest BCUT2D eigenvalue weighted by Crippen LogP contribution is -2.35. The van der Waals surface area contributed by atoms with Crippen molar-refractivity contribution >= 4 is 5.91 Å². The first-order chi connectivity index (χ1) is 9.78. The van der Waals surface area contributed by atoms with Crippen molar-refractivity contribution in [1.29, 1.82) is 0 Å². The van der Waals surface area contributed by atoms with Crippen LogP contribution in [0.15, 0.2) is 24.3 Å². The normalized spacial score (nSPS) is 17.9. The van der Waals surface area contributed by atoms with Gasteiger partial charge in [0.25, 0.3) is 5.91 Å². The summed E-state index contributed by atoms with van der Waals surface area (Å²) in [6, 6.07) is 7.71. The Kier molecular flexibility index (Phi) is 5.83. The minimum Gasteiger partial charge on any atom is -0.484 e. The molecule has 1 amide bonds. The summed E-state index contributed by atoms with van der Waals surface area (Å²) in [5.74, 6) is 0.594. The Hall–Kier alpha value is -1.59. The molecule has 0 aromatic heterocycles. The van der Waals surface area contributed by atoms with E-state index in [1.54, 1.807) is 0 Å². The van der Waals surface area contributed by atoms with Gasteiger partial charge in [0.05, 0.1) is 6.10 Å². The van der Waals surface area contributed by atoms with Crippen LogP contribution in [0.5, 0.6) is 5.75 Å². The highest BCUT2D eigenvalue weighted by Crippen LogP contribution is 2.12. The molecule has 1 fully saturated rings. The topological polar surface area (TPSA) is 59.6 Å². The maximum Gasteiger partial charge on any atom is 0.258 e. The number of carbonyl (C=O) groups is 1. The quantitative estimate of drug-likeness (QED) is 0.783. The van der Waals surface area contributed by atoms with Crippen LogP contribution >= 0.6 is 0 Å². The predicted octanol–water partition coefficient (Wildman–Crippen LogP) is 1.08. The van der Waals surface area contributed by atoms with Gasteiger partial charge in [-0.05, 0) is 37.6 Å². The molecule has 0 bridgehead atoms. The number of ether oxygens (including phenoxy) is 2. The average molecular weight is 278 g/mol. The Morgan fingerprint density at radius 3 is 2.85 bits per heavy atom. The highest BCUT2D eigenvalue weighted by molar-refractivity contribution is 5.77. The second-order valence-corrected chi connectivity index (χ2v) is 4.90. The van der Waals surface area contributed by atoms with Gasteiger partial charge in [0.15, 0.2) is 6.61 Å². The molecule has 0 saturated carbocycles. The second kappa shape index (κ2) is 7.87. The number of carbonyl (C=O) groups excluding carboxylic acids is 1. The van der Waals surface area contributed by atoms with Crippen molar-refractivity contribution in [2.45, 2.75) is 25.5 Å². The summed E-state index contributed by atoms with van der Waals surface area (Å²) in [6.45, 7) is 2.24. The summed E-state index contributed by atoms with van der Waals surface area (Å²) in [6.07, 6.45) is 2.27. The Bertz CT molecular complexity index is 414. The largest absolute Gasteiger partial charge is 0.484 e. The van der Waals surface area contributed by atoms with E-state index in [4.69, 9.17) is 9.47 Å². The molecule has 110 valence electrons. The number of benzene rings is 1. The van der Waals surface area contributed by atoms with Crippen LogP contribution in [-0.2, 0) is 16.1 Å². The number of rotatable bonds is 7. The zero-order chi connectivity index (χ0) is 14.2. The van der Waals surface area contributed by atoms with Gasteiger partial charge in [-0.2, -0.15) is 0 Å². The molecule has 20 heavy (non-hydrogen) atoms. The summed E-state index contributed by atoms with van der Waals surface area (Å²) in [5, 5.41) is 5.91. The Morgan fingerprint density at radius 1 is 1.40 bits per heavy atom. The molecule has 0 spiro atoms. The third-order valence-corrected chi connectivity index (χ3v) is 3.23. The van der Waals surface area contributed by atoms with E-state index in [-0.39, 0.29) is 18.6 Å². The fourth-order valence-corrected chi connectivity index (χ4v) is 2.14. The molecule has 1 aliphatic heterocycles. The van der Waals surface area contributed by atoms with Crippen molar-refractivity contribution in [3.8, 4) is 5.75 Å². The molecule has 1 saturated heterocycles. The Morgan fingerprint density at radius 2 is 2.20 bits per heavy atom. The minimum atomic E-state index is -0.111. The number of amides is 1. The van der Waals surface area contributed by atoms with E-state index in [2.05, 4.69) is 10.6 Å². The Labute approximate surface area is 119 Å². The Balaban J connectivity index is 1.66. The zero-order valence-corrected chi connectivity index (χ0v) is 11.9. The molecular weight excluding hydrogens is 256 g/mol. The van der Waals surface area contributed by atoms with E-state index in [0.29, 0.717) is 12.3 Å². The molecule has 2 rings (SSSR count). The van der Waals surface area contributed by atoms with Crippen molar-refractivity contribution < 1.29 is 14.3 Å². The summed E-state index contributed by atoms with van der Waals surface area (Å²) in [7, 11) is 1.91. The third-order valence-electron chi connectivity index (χ3n) is 3.23. The van der Waals surface area contributed by atoms with Crippen LogP contribution in [0, 0.1) is 0 Å². The van der Waals surface area contributed by atoms with E-state index in [1.165, 1.54) is 5.56 Å². The molecule has 1 atom stereocenters. The lowest BCUT2D eigenvalue weighted by Gasteiger charge is -2.11. The monoisotopic (exact) mass is 278 g/mol. The molecule has 0 radical (unpaired) electrons. The SMILES string of the molecule is CNCc1ccc(OCC(=O)NCC2CCCO2)cc1. The van der Waals surface area contributed by atoms with Crippen LogP contribution in [0.2, 0.25) is 0 Å². The molecule has 5 nitrogen and oxygen atoms in total. The van der Waals surface area contributed by atoms with E-state index in [0.717, 1.165) is 26.0 Å². The first kappa shape index (κ1) is 14.8. The number of nitrogens with one attached hydrogen (secondary N) is 2. The maximum atomic E-state index is 11.6. The van der Waals surface area contributed by atoms with Gasteiger partial charge in [0.2, 0.25) is 0 Å². The lowest BCUT2D eigenvalue weighted by atomic mass is 10.2. The molecule has 1 unspecified atom stereocenters. The summed E-state index contributed by atoms with van der Waals surface area (Å²) < 4.78 is 10.9. The van der Waals surface area contributed by atoms with Crippen LogP contribution in [0.3, 0.4) is 0 Å². The minimum absolute atomic E-state index is 0.0398. The molecule has 0 aliphatic carbocycles. The fraction of sp³-hybridized carbons (Fsp3) is 0.533. The van der Waals surface area contributed by atoms with Crippen LogP contribution in [0.1, 0.15) is 18.4 Å². The summed E-state index contributed by atoms with van der Waals surface area (Å²) >= 11 is 0. The summed E-state index contributed by atoms with van der Waals surface area (Å²) in [5.41, 5.74) is 1.18. The molecule has 2 N–H and O–H groups in total. The fourth-order valence-electron chi connectivity index (χ4n) is 2.14. The molecule has 1 heterocycles. The van der Waals surface area contributed by atoms with E-state index in [9.17, 15) is 4.79 Å². The molecule has 5 heteroatoms. The van der Waals surface area contributed by atoms with Crippen molar-refractivity contribution in [2.75, 3.05) is 26.8 Å². The van der Waals surface area contributed by atoms with Gasteiger partial charge >= 0.3 is 0 Å². The van der Waals surface area contributed by atoms with Crippen LogP contribution in [-0.4, -0.2) is 38.8 Å². The van der Waals surface area contributed by atoms with E-state index >= 15 is 0 Å². The van der Waals surface area contributed by atoms with E-state index < -0.39 is 0 Å². The zero-order valence-electron chi connectivity index (χ0n) is 11.9. The highest BCUT2D eigenvalue weighted by Gasteiger charge is 2.16. The van der Waals surface area contributed by atoms with Gasteiger partial charge in [-0.3, -0.25) is 4.79 Å². The van der Waals surface area contributed by atoms with Crippen molar-refractivity contribution in [3.63, 3.8) is 0 Å². The number of hydrogen-bond donors (Lipinski definition) is 2. The van der Waals surface area contributed by atoms with Crippen molar-refractivity contribution in [3.05, 3.63) is 29.8 Å². The molecule has 1 aliphatic rings. The van der Waals surface area contributed by atoms with Gasteiger partial charge in [0, 0.05) is 19.7 Å². The van der Waals surface area contributed by atoms with Crippen molar-refractivity contribution in [2.24, 2.45) is 0 Å². The smallest absolute Gasteiger partial charge is 0.258 e. The van der Waals surface area contributed by atoms with E-state index in [1.807, 2.05) is 31.3 Å². The maximum absolute atomic E-state index is 11.6. The lowest BCUT2D eigenvalue weighted by molar-refractivity contribution is -0.123. The van der Waals surface area contributed by atoms with Crippen LogP contribution < -0.4 is 15.4 Å². The average Bonchev–Trinajstić information content (AvgIpc) is 2.98. The van der Waals surface area contributed by atoms with Gasteiger partial charge < -0.3 is 20.1 Å². The van der Waals surface area contributed by atoms with Crippen LogP contribution in [0.25, 0.3) is 0 Å². The second-order valence-electron chi connectivity index (χ2n) is 4.90. The van der Waals surface area contributed by atoms with Gasteiger partial charge in [-0.25, -0.2) is 0 Å². The summed E-state index contributed by atoms with van der Waals surface area (Å²) in [4.78, 5) is 11.6. The van der Waals surface area contributed by atoms with Crippen molar-refractivity contribution in [1.82, 2.24) is 10.6 Å². The molecule has 1 aromatic carbocycles. The number of hydrogen-bond acceptors (Lipinski definition) is 4. The third kappa shape index (κ3) is 4.83. The van der Waals surface area contributed by atoms with Gasteiger partial charge in [-0.1, -0.05) is 12.1 Å². The predicted molar refractivity (Wildman–Crippen MR) is 76.7 cm³/mol. The standard InChI is InChI=1S/C15H22N2O3/c1-16-9-12-4-6-13(7-5-12)20-11-15(18)17-10-14-3-2-8-19-14/h4-7,14,16H,2-3,8-11H2,1H3,(H,17,18). The first-order valence-electron chi connectivity index (χ1n) is 7.02. The molecule has 1 aromatic rings. The van der Waals surface area contributed by atoms with Crippen LogP contribution in [0.4, 0.5) is 0 Å². The highest BCUT2D eigenvalue weighted by atomic mass is 16.5. The van der Waals surface area contributed by atoms with Gasteiger partial charge in [0.1, 0.15) is 5.75 Å². The first-order valence-corrected chi connectivity index (χ1v) is 7.02. The van der Waals surface area contributed by atoms with Gasteiger partial charge in [-0.15, -0.1) is 0 Å². The molecular formula is C15H22N2O3.